The van der Waals surface area contributed by atoms with Gasteiger partial charge in [-0.15, -0.1) is 0 Å². The lowest BCUT2D eigenvalue weighted by molar-refractivity contribution is 0.358. The smallest absolute Gasteiger partial charge is 0.166 e. The van der Waals surface area contributed by atoms with Gasteiger partial charge in [0.1, 0.15) is 5.52 Å². The Morgan fingerprint density at radius 3 is 2.64 bits per heavy atom. The van der Waals surface area contributed by atoms with Crippen LogP contribution < -0.4 is 5.32 Å². The molecular formula is C20H25N5. The third-order valence-corrected chi connectivity index (χ3v) is 4.96. The number of hydrogen-bond donors (Lipinski definition) is 1. The van der Waals surface area contributed by atoms with Crippen LogP contribution in [0.4, 0.5) is 5.82 Å². The van der Waals surface area contributed by atoms with E-state index in [9.17, 15) is 0 Å². The van der Waals surface area contributed by atoms with E-state index in [0.29, 0.717) is 6.04 Å². The molecule has 1 fully saturated rings. The molecule has 0 aliphatic heterocycles. The number of hydrogen-bond acceptors (Lipinski definition) is 4. The van der Waals surface area contributed by atoms with Crippen molar-refractivity contribution in [2.75, 3.05) is 11.9 Å². The molecule has 5 heteroatoms. The largest absolute Gasteiger partial charge is 0.368 e. The van der Waals surface area contributed by atoms with Crippen LogP contribution in [-0.4, -0.2) is 26.1 Å². The van der Waals surface area contributed by atoms with Crippen molar-refractivity contribution in [3.05, 3.63) is 36.7 Å². The highest BCUT2D eigenvalue weighted by Crippen LogP contribution is 2.32. The van der Waals surface area contributed by atoms with Gasteiger partial charge in [-0.25, -0.2) is 15.0 Å². The highest BCUT2D eigenvalue weighted by atomic mass is 15.2. The Kier molecular flexibility index (Phi) is 4.63. The van der Waals surface area contributed by atoms with Crippen LogP contribution in [0.5, 0.6) is 0 Å². The van der Waals surface area contributed by atoms with E-state index in [1.54, 1.807) is 0 Å². The number of imidazole rings is 1. The van der Waals surface area contributed by atoms with Crippen molar-refractivity contribution in [2.24, 2.45) is 0 Å². The number of fused-ring (bicyclic) bond motifs is 1. The topological polar surface area (TPSA) is 55.6 Å². The van der Waals surface area contributed by atoms with E-state index in [1.807, 2.05) is 24.5 Å². The van der Waals surface area contributed by atoms with Gasteiger partial charge in [0.25, 0.3) is 0 Å². The zero-order chi connectivity index (χ0) is 17.1. The lowest BCUT2D eigenvalue weighted by atomic mass is 9.95. The molecular weight excluding hydrogens is 310 g/mol. The molecule has 0 atom stereocenters. The van der Waals surface area contributed by atoms with Crippen LogP contribution in [0.1, 0.15) is 51.5 Å². The predicted octanol–water partition coefficient (Wildman–Crippen LogP) is 4.82. The Hall–Kier alpha value is -2.43. The quantitative estimate of drug-likeness (QED) is 0.726. The lowest BCUT2D eigenvalue weighted by Gasteiger charge is -2.23. The van der Waals surface area contributed by atoms with E-state index in [0.717, 1.165) is 41.3 Å². The maximum absolute atomic E-state index is 4.90. The highest BCUT2D eigenvalue weighted by Gasteiger charge is 2.21. The Bertz CT molecular complexity index is 834. The van der Waals surface area contributed by atoms with Crippen LogP contribution >= 0.6 is 0 Å². The molecule has 2 heterocycles. The van der Waals surface area contributed by atoms with Gasteiger partial charge in [0, 0.05) is 18.2 Å². The van der Waals surface area contributed by atoms with Gasteiger partial charge >= 0.3 is 0 Å². The van der Waals surface area contributed by atoms with Gasteiger partial charge < -0.3 is 9.88 Å². The van der Waals surface area contributed by atoms with Crippen molar-refractivity contribution in [1.29, 1.82) is 0 Å². The summed E-state index contributed by atoms with van der Waals surface area (Å²) >= 11 is 0. The lowest BCUT2D eigenvalue weighted by Crippen LogP contribution is -2.13. The first-order valence-electron chi connectivity index (χ1n) is 9.40. The minimum Gasteiger partial charge on any atom is -0.368 e. The van der Waals surface area contributed by atoms with E-state index >= 15 is 0 Å². The molecule has 0 saturated heterocycles. The zero-order valence-corrected chi connectivity index (χ0v) is 14.8. The fourth-order valence-electron chi connectivity index (χ4n) is 3.63. The SMILES string of the molecule is CCCNc1nc(-c2ccccc2)nc2c1ncn2C1CCCCC1. The molecule has 130 valence electrons. The van der Waals surface area contributed by atoms with Crippen molar-refractivity contribution in [2.45, 2.75) is 51.5 Å². The second kappa shape index (κ2) is 7.21. The van der Waals surface area contributed by atoms with Crippen molar-refractivity contribution in [3.8, 4) is 11.4 Å². The Morgan fingerprint density at radius 1 is 1.08 bits per heavy atom. The standard InChI is InChI=1S/C20H25N5/c1-2-13-21-19-17-20(24-18(23-19)15-9-5-3-6-10-15)25(14-22-17)16-11-7-4-8-12-16/h3,5-6,9-10,14,16H,2,4,7-8,11-13H2,1H3,(H,21,23,24). The summed E-state index contributed by atoms with van der Waals surface area (Å²) in [6.45, 7) is 3.04. The molecule has 1 saturated carbocycles. The molecule has 1 aliphatic rings. The molecule has 0 bridgehead atoms. The van der Waals surface area contributed by atoms with Crippen molar-refractivity contribution in [3.63, 3.8) is 0 Å². The van der Waals surface area contributed by atoms with Crippen molar-refractivity contribution in [1.82, 2.24) is 19.5 Å². The molecule has 5 nitrogen and oxygen atoms in total. The summed E-state index contributed by atoms with van der Waals surface area (Å²) in [5, 5.41) is 3.44. The average Bonchev–Trinajstić information content (AvgIpc) is 3.11. The molecule has 0 amide bonds. The number of rotatable bonds is 5. The van der Waals surface area contributed by atoms with E-state index in [-0.39, 0.29) is 0 Å². The van der Waals surface area contributed by atoms with Gasteiger partial charge in [-0.2, -0.15) is 0 Å². The minimum absolute atomic E-state index is 0.510. The molecule has 3 aromatic rings. The Balaban J connectivity index is 1.83. The molecule has 4 rings (SSSR count). The number of benzene rings is 1. The monoisotopic (exact) mass is 335 g/mol. The average molecular weight is 335 g/mol. The molecule has 2 aromatic heterocycles. The van der Waals surface area contributed by atoms with Crippen LogP contribution in [0.2, 0.25) is 0 Å². The molecule has 1 N–H and O–H groups in total. The van der Waals surface area contributed by atoms with E-state index in [1.165, 1.54) is 32.1 Å². The summed E-state index contributed by atoms with van der Waals surface area (Å²) in [6, 6.07) is 10.7. The summed E-state index contributed by atoms with van der Waals surface area (Å²) < 4.78 is 2.28. The highest BCUT2D eigenvalue weighted by molar-refractivity contribution is 5.85. The van der Waals surface area contributed by atoms with Crippen molar-refractivity contribution < 1.29 is 0 Å². The summed E-state index contributed by atoms with van der Waals surface area (Å²) in [7, 11) is 0. The van der Waals surface area contributed by atoms with Gasteiger partial charge in [-0.05, 0) is 19.3 Å². The van der Waals surface area contributed by atoms with Gasteiger partial charge in [0.15, 0.2) is 17.3 Å². The second-order valence-corrected chi connectivity index (χ2v) is 6.80. The van der Waals surface area contributed by atoms with Gasteiger partial charge in [0.2, 0.25) is 0 Å². The summed E-state index contributed by atoms with van der Waals surface area (Å²) in [4.78, 5) is 14.3. The normalized spacial score (nSPS) is 15.6. The number of nitrogens with zero attached hydrogens (tertiary/aromatic N) is 4. The van der Waals surface area contributed by atoms with Gasteiger partial charge in [0.05, 0.1) is 6.33 Å². The fraction of sp³-hybridized carbons (Fsp3) is 0.450. The zero-order valence-electron chi connectivity index (χ0n) is 14.8. The van der Waals surface area contributed by atoms with Crippen LogP contribution in [0.25, 0.3) is 22.6 Å². The van der Waals surface area contributed by atoms with E-state index in [4.69, 9.17) is 9.97 Å². The Morgan fingerprint density at radius 2 is 1.88 bits per heavy atom. The number of anilines is 1. The van der Waals surface area contributed by atoms with E-state index in [2.05, 4.69) is 33.9 Å². The maximum Gasteiger partial charge on any atom is 0.166 e. The molecule has 0 radical (unpaired) electrons. The number of aromatic nitrogens is 4. The molecule has 1 aliphatic carbocycles. The van der Waals surface area contributed by atoms with Crippen LogP contribution in [0.3, 0.4) is 0 Å². The third kappa shape index (κ3) is 3.23. The van der Waals surface area contributed by atoms with E-state index < -0.39 is 0 Å². The molecule has 0 spiro atoms. The van der Waals surface area contributed by atoms with Gasteiger partial charge in [-0.3, -0.25) is 0 Å². The predicted molar refractivity (Wildman–Crippen MR) is 102 cm³/mol. The summed E-state index contributed by atoms with van der Waals surface area (Å²) in [5.74, 6) is 1.62. The second-order valence-electron chi connectivity index (χ2n) is 6.80. The summed E-state index contributed by atoms with van der Waals surface area (Å²) in [6.07, 6.45) is 9.37. The number of nitrogens with one attached hydrogen (secondary N) is 1. The Labute approximate surface area is 148 Å². The van der Waals surface area contributed by atoms with Gasteiger partial charge in [-0.1, -0.05) is 56.5 Å². The van der Waals surface area contributed by atoms with Crippen LogP contribution in [-0.2, 0) is 0 Å². The first-order valence-corrected chi connectivity index (χ1v) is 9.40. The molecule has 1 aromatic carbocycles. The van der Waals surface area contributed by atoms with Crippen LogP contribution in [0.15, 0.2) is 36.7 Å². The minimum atomic E-state index is 0.510. The first-order chi connectivity index (χ1) is 12.4. The van der Waals surface area contributed by atoms with Crippen molar-refractivity contribution >= 4 is 17.0 Å². The fourth-order valence-corrected chi connectivity index (χ4v) is 3.63. The van der Waals surface area contributed by atoms with Crippen LogP contribution in [0, 0.1) is 0 Å². The first kappa shape index (κ1) is 16.1. The third-order valence-electron chi connectivity index (χ3n) is 4.96. The summed E-state index contributed by atoms with van der Waals surface area (Å²) in [5.41, 5.74) is 2.89. The molecule has 25 heavy (non-hydrogen) atoms. The molecule has 0 unspecified atom stereocenters. The maximum atomic E-state index is 4.90.